The molecule has 5 aromatic carbocycles. The van der Waals surface area contributed by atoms with E-state index in [4.69, 9.17) is 0 Å². The van der Waals surface area contributed by atoms with E-state index in [9.17, 15) is 18.9 Å². The van der Waals surface area contributed by atoms with Crippen molar-refractivity contribution >= 4 is 29.3 Å². The van der Waals surface area contributed by atoms with Crippen molar-refractivity contribution in [3.63, 3.8) is 0 Å². The summed E-state index contributed by atoms with van der Waals surface area (Å²) in [5.41, 5.74) is 3.32. The van der Waals surface area contributed by atoms with Crippen LogP contribution in [0.2, 0.25) is 0 Å². The average molecular weight is 595 g/mol. The zero-order valence-corrected chi connectivity index (χ0v) is 25.0. The molecule has 0 saturated carbocycles. The highest BCUT2D eigenvalue weighted by atomic mass is 31.1. The third-order valence-electron chi connectivity index (χ3n) is 7.50. The second-order valence-electron chi connectivity index (χ2n) is 9.84. The summed E-state index contributed by atoms with van der Waals surface area (Å²) in [4.78, 5) is 26.1. The fraction of sp³-hybridized carbons (Fsp3) is 0.118. The van der Waals surface area contributed by atoms with Gasteiger partial charge in [0.15, 0.2) is 12.3 Å². The van der Waals surface area contributed by atoms with Crippen molar-refractivity contribution in [1.29, 1.82) is 0 Å². The van der Waals surface area contributed by atoms with E-state index in [1.807, 2.05) is 152 Å². The van der Waals surface area contributed by atoms with Gasteiger partial charge in [-0.2, -0.15) is 0 Å². The molecule has 204 valence electrons. The second-order valence-corrected chi connectivity index (χ2v) is 14.5. The van der Waals surface area contributed by atoms with Crippen molar-refractivity contribution < 1.29 is 18.9 Å². The summed E-state index contributed by atoms with van der Waals surface area (Å²) in [6, 6.07) is 48.7. The predicted molar refractivity (Wildman–Crippen MR) is 165 cm³/mol. The molecule has 7 heteroatoms. The fourth-order valence-corrected chi connectivity index (χ4v) is 12.9. The standard InChI is InChI=1S/C34H29O4P3/c35-39(36)26-33(28-16-6-1-7-17-28,29-18-8-2-9-19-29)41(32-24-14-5-15-25-32)34(27-40(37)38,30-20-10-3-11-21-30)31-22-12-4-13-23-31/h1-25H,26-27H2. The molecule has 4 nitrogen and oxygen atoms in total. The lowest BCUT2D eigenvalue weighted by molar-refractivity contribution is -0.165. The molecule has 0 aliphatic rings. The summed E-state index contributed by atoms with van der Waals surface area (Å²) < 4.78 is 26.1. The average Bonchev–Trinajstić information content (AvgIpc) is 3.02. The maximum absolute atomic E-state index is 13.0. The van der Waals surface area contributed by atoms with Crippen LogP contribution < -0.4 is 15.1 Å². The van der Waals surface area contributed by atoms with Gasteiger partial charge < -0.3 is 9.79 Å². The van der Waals surface area contributed by atoms with Crippen LogP contribution in [0.4, 0.5) is 0 Å². The van der Waals surface area contributed by atoms with Gasteiger partial charge in [0.1, 0.15) is 0 Å². The Balaban J connectivity index is 2.03. The van der Waals surface area contributed by atoms with Crippen molar-refractivity contribution in [2.24, 2.45) is 0 Å². The molecule has 0 heterocycles. The third-order valence-corrected chi connectivity index (χ3v) is 13.2. The van der Waals surface area contributed by atoms with E-state index in [0.29, 0.717) is 0 Å². The normalized spacial score (nSPS) is 13.3. The van der Waals surface area contributed by atoms with Crippen LogP contribution in [-0.2, 0) is 19.4 Å². The molecule has 0 spiro atoms. The maximum Gasteiger partial charge on any atom is 0.310 e. The molecular formula is C34H29O4P3. The third kappa shape index (κ3) is 5.86. The van der Waals surface area contributed by atoms with Crippen molar-refractivity contribution in [2.45, 2.75) is 10.3 Å². The molecule has 0 N–H and O–H groups in total. The van der Waals surface area contributed by atoms with Gasteiger partial charge in [0.25, 0.3) is 0 Å². The summed E-state index contributed by atoms with van der Waals surface area (Å²) in [5, 5.41) is -1.27. The summed E-state index contributed by atoms with van der Waals surface area (Å²) in [6.45, 7) is 0. The summed E-state index contributed by atoms with van der Waals surface area (Å²) in [6.07, 6.45) is -0.373. The summed E-state index contributed by atoms with van der Waals surface area (Å²) in [5.74, 6) is 0. The summed E-state index contributed by atoms with van der Waals surface area (Å²) in [7, 11) is -7.49. The Morgan fingerprint density at radius 1 is 0.439 bits per heavy atom. The number of rotatable bonds is 11. The lowest BCUT2D eigenvalue weighted by Gasteiger charge is -2.50. The first-order chi connectivity index (χ1) is 20.0. The molecule has 0 aliphatic heterocycles. The Labute approximate surface area is 244 Å². The molecule has 0 fully saturated rings. The monoisotopic (exact) mass is 594 g/mol. The van der Waals surface area contributed by atoms with Gasteiger partial charge in [-0.25, -0.2) is 0 Å². The highest BCUT2D eigenvalue weighted by Gasteiger charge is 2.59. The zero-order chi connectivity index (χ0) is 28.7. The molecule has 5 aromatic rings. The van der Waals surface area contributed by atoms with Crippen molar-refractivity contribution in [1.82, 2.24) is 0 Å². The Kier molecular flexibility index (Phi) is 9.31. The van der Waals surface area contributed by atoms with Gasteiger partial charge in [0.2, 0.25) is 0 Å². The van der Waals surface area contributed by atoms with Gasteiger partial charge in [-0.3, -0.25) is 0 Å². The molecule has 0 aliphatic carbocycles. The SMILES string of the molecule is O=[P+]([O-])CC(c1ccccc1)(c1ccccc1)P(c1ccccc1)C(C[P+](=O)[O-])(c1ccccc1)c1ccccc1. The van der Waals surface area contributed by atoms with Crippen LogP contribution in [0, 0.1) is 0 Å². The highest BCUT2D eigenvalue weighted by molar-refractivity contribution is 7.69. The maximum atomic E-state index is 13.0. The topological polar surface area (TPSA) is 80.3 Å². The highest BCUT2D eigenvalue weighted by Crippen LogP contribution is 2.73. The molecule has 0 bridgehead atoms. The van der Waals surface area contributed by atoms with Gasteiger partial charge >= 0.3 is 16.1 Å². The Morgan fingerprint density at radius 3 is 0.927 bits per heavy atom. The van der Waals surface area contributed by atoms with Crippen LogP contribution >= 0.6 is 24.0 Å². The van der Waals surface area contributed by atoms with E-state index in [0.717, 1.165) is 27.6 Å². The number of benzene rings is 5. The Morgan fingerprint density at radius 2 is 0.683 bits per heavy atom. The lowest BCUT2D eigenvalue weighted by Crippen LogP contribution is -2.44. The van der Waals surface area contributed by atoms with Gasteiger partial charge in [-0.15, -0.1) is 0 Å². The molecule has 0 radical (unpaired) electrons. The lowest BCUT2D eigenvalue weighted by atomic mass is 9.90. The van der Waals surface area contributed by atoms with E-state index in [1.54, 1.807) is 0 Å². The first-order valence-corrected chi connectivity index (χ1v) is 17.4. The van der Waals surface area contributed by atoms with Crippen molar-refractivity contribution in [3.05, 3.63) is 174 Å². The minimum atomic E-state index is -2.90. The first-order valence-electron chi connectivity index (χ1n) is 13.3. The van der Waals surface area contributed by atoms with Gasteiger partial charge in [0.05, 0.1) is 10.3 Å². The van der Waals surface area contributed by atoms with Crippen molar-refractivity contribution in [2.75, 3.05) is 12.3 Å². The zero-order valence-electron chi connectivity index (χ0n) is 22.3. The molecule has 41 heavy (non-hydrogen) atoms. The smallest absolute Gasteiger partial charge is 0.310 e. The van der Waals surface area contributed by atoms with E-state index in [-0.39, 0.29) is 12.3 Å². The van der Waals surface area contributed by atoms with E-state index in [1.165, 1.54) is 0 Å². The fourth-order valence-electron chi connectivity index (χ4n) is 5.93. The van der Waals surface area contributed by atoms with E-state index in [2.05, 4.69) is 0 Å². The number of hydrogen-bond donors (Lipinski definition) is 0. The van der Waals surface area contributed by atoms with Gasteiger partial charge in [-0.05, 0) is 35.5 Å². The number of hydrogen-bond acceptors (Lipinski definition) is 4. The van der Waals surface area contributed by atoms with Crippen LogP contribution in [0.25, 0.3) is 0 Å². The minimum Gasteiger partial charge on any atom is -0.596 e. The quantitative estimate of drug-likeness (QED) is 0.156. The molecule has 2 unspecified atom stereocenters. The molecule has 0 saturated heterocycles. The van der Waals surface area contributed by atoms with Crippen LogP contribution in [-0.4, -0.2) is 12.3 Å². The molecule has 2 atom stereocenters. The first kappa shape index (κ1) is 29.2. The minimum absolute atomic E-state index is 0.186. The molecule has 0 amide bonds. The van der Waals surface area contributed by atoms with E-state index >= 15 is 0 Å². The van der Waals surface area contributed by atoms with Crippen molar-refractivity contribution in [3.8, 4) is 0 Å². The molecular weight excluding hydrogens is 565 g/mol. The van der Waals surface area contributed by atoms with Gasteiger partial charge in [-0.1, -0.05) is 161 Å². The predicted octanol–water partition coefficient (Wildman–Crippen LogP) is 6.89. The van der Waals surface area contributed by atoms with Gasteiger partial charge in [0, 0.05) is 0 Å². The molecule has 0 aromatic heterocycles. The largest absolute Gasteiger partial charge is 0.596 e. The van der Waals surface area contributed by atoms with Crippen LogP contribution in [0.5, 0.6) is 0 Å². The Hall–Kier alpha value is -3.35. The van der Waals surface area contributed by atoms with Crippen LogP contribution in [0.1, 0.15) is 22.3 Å². The van der Waals surface area contributed by atoms with E-state index < -0.39 is 34.3 Å². The van der Waals surface area contributed by atoms with Crippen LogP contribution in [0.15, 0.2) is 152 Å². The second kappa shape index (κ2) is 13.1. The Bertz CT molecular complexity index is 1400. The van der Waals surface area contributed by atoms with Crippen LogP contribution in [0.3, 0.4) is 0 Å². The molecule has 5 rings (SSSR count). The summed E-state index contributed by atoms with van der Waals surface area (Å²) >= 11 is 0.